The normalized spacial score (nSPS) is 24.3. The minimum Gasteiger partial charge on any atom is -0.294 e. The fraction of sp³-hybridized carbons (Fsp3) is 0.625. The maximum atomic E-state index is 11.2. The molecule has 1 aliphatic carbocycles. The first-order valence-electron chi connectivity index (χ1n) is 3.43. The molecule has 0 aromatic carbocycles. The molecule has 0 aliphatic heterocycles. The van der Waals surface area contributed by atoms with Gasteiger partial charge < -0.3 is 0 Å². The van der Waals surface area contributed by atoms with E-state index in [9.17, 15) is 4.79 Å². The Morgan fingerprint density at radius 3 is 2.60 bits per heavy atom. The first-order valence-corrected chi connectivity index (χ1v) is 4.22. The fourth-order valence-electron chi connectivity index (χ4n) is 0.965. The van der Waals surface area contributed by atoms with Gasteiger partial charge in [0.2, 0.25) is 0 Å². The van der Waals surface area contributed by atoms with E-state index >= 15 is 0 Å². The second-order valence-corrected chi connectivity index (χ2v) is 4.36. The molecule has 1 aliphatic rings. The summed E-state index contributed by atoms with van der Waals surface area (Å²) in [6.07, 6.45) is 3.66. The molecule has 0 aromatic heterocycles. The van der Waals surface area contributed by atoms with Gasteiger partial charge in [-0.25, -0.2) is 0 Å². The zero-order chi connectivity index (χ0) is 7.78. The van der Waals surface area contributed by atoms with Crippen LogP contribution in [0.1, 0.15) is 26.7 Å². The van der Waals surface area contributed by atoms with Crippen molar-refractivity contribution in [3.05, 3.63) is 10.6 Å². The van der Waals surface area contributed by atoms with Gasteiger partial charge in [0.05, 0.1) is 0 Å². The molecule has 1 nitrogen and oxygen atoms in total. The number of carbonyl (C=O) groups excluding carboxylic acids is 1. The van der Waals surface area contributed by atoms with Crippen molar-refractivity contribution in [1.82, 2.24) is 0 Å². The maximum Gasteiger partial charge on any atom is 0.162 e. The maximum absolute atomic E-state index is 11.2. The number of halogens is 1. The van der Waals surface area contributed by atoms with E-state index in [1.807, 2.05) is 13.8 Å². The van der Waals surface area contributed by atoms with E-state index in [1.165, 1.54) is 0 Å². The summed E-state index contributed by atoms with van der Waals surface area (Å²) in [5.74, 6) is 0.241. The van der Waals surface area contributed by atoms with Crippen LogP contribution >= 0.6 is 15.9 Å². The lowest BCUT2D eigenvalue weighted by molar-refractivity contribution is -0.122. The van der Waals surface area contributed by atoms with Gasteiger partial charge in [0.1, 0.15) is 0 Å². The van der Waals surface area contributed by atoms with E-state index in [0.29, 0.717) is 0 Å². The molecule has 0 spiro atoms. The Kier molecular flexibility index (Phi) is 1.99. The molecular weight excluding hydrogens is 192 g/mol. The van der Waals surface area contributed by atoms with Gasteiger partial charge in [0.25, 0.3) is 0 Å². The quantitative estimate of drug-likeness (QED) is 0.591. The third kappa shape index (κ3) is 1.48. The van der Waals surface area contributed by atoms with Crippen LogP contribution in [0.2, 0.25) is 0 Å². The SMILES string of the molecule is CC1(C)CCC(Br)=CC1=O. The van der Waals surface area contributed by atoms with Crippen molar-refractivity contribution >= 4 is 21.7 Å². The van der Waals surface area contributed by atoms with Gasteiger partial charge in [-0.1, -0.05) is 29.8 Å². The summed E-state index contributed by atoms with van der Waals surface area (Å²) >= 11 is 3.32. The molecule has 0 saturated carbocycles. The van der Waals surface area contributed by atoms with Crippen LogP contribution in [0.4, 0.5) is 0 Å². The van der Waals surface area contributed by atoms with Gasteiger partial charge in [-0.15, -0.1) is 0 Å². The minimum atomic E-state index is -0.128. The third-order valence-corrected chi connectivity index (χ3v) is 2.57. The zero-order valence-corrected chi connectivity index (χ0v) is 7.86. The molecule has 0 radical (unpaired) electrons. The smallest absolute Gasteiger partial charge is 0.162 e. The molecule has 56 valence electrons. The predicted octanol–water partition coefficient (Wildman–Crippen LogP) is 2.65. The lowest BCUT2D eigenvalue weighted by atomic mass is 9.80. The highest BCUT2D eigenvalue weighted by molar-refractivity contribution is 9.11. The van der Waals surface area contributed by atoms with E-state index in [2.05, 4.69) is 15.9 Å². The van der Waals surface area contributed by atoms with Crippen LogP contribution < -0.4 is 0 Å². The van der Waals surface area contributed by atoms with Crippen molar-refractivity contribution in [1.29, 1.82) is 0 Å². The molecule has 0 aromatic rings. The van der Waals surface area contributed by atoms with Gasteiger partial charge in [-0.2, -0.15) is 0 Å². The van der Waals surface area contributed by atoms with Gasteiger partial charge >= 0.3 is 0 Å². The van der Waals surface area contributed by atoms with Crippen LogP contribution in [0.5, 0.6) is 0 Å². The summed E-state index contributed by atoms with van der Waals surface area (Å²) in [5, 5.41) is 0. The topological polar surface area (TPSA) is 17.1 Å². The Hall–Kier alpha value is -0.110. The average Bonchev–Trinajstić information content (AvgIpc) is 1.81. The second-order valence-electron chi connectivity index (χ2n) is 3.34. The van der Waals surface area contributed by atoms with Gasteiger partial charge in [0.15, 0.2) is 5.78 Å². The molecule has 0 amide bonds. The first-order chi connectivity index (χ1) is 4.52. The Labute approximate surface area is 69.6 Å². The third-order valence-electron chi connectivity index (χ3n) is 1.94. The Morgan fingerprint density at radius 2 is 2.20 bits per heavy atom. The Bertz CT molecular complexity index is 191. The van der Waals surface area contributed by atoms with Crippen LogP contribution in [-0.4, -0.2) is 5.78 Å². The van der Waals surface area contributed by atoms with Gasteiger partial charge in [-0.3, -0.25) is 4.79 Å². The van der Waals surface area contributed by atoms with Crippen molar-refractivity contribution in [2.24, 2.45) is 5.41 Å². The number of allylic oxidation sites excluding steroid dienone is 2. The van der Waals surface area contributed by atoms with Crippen molar-refractivity contribution in [2.45, 2.75) is 26.7 Å². The predicted molar refractivity (Wildman–Crippen MR) is 45.0 cm³/mol. The summed E-state index contributed by atoms with van der Waals surface area (Å²) in [5.41, 5.74) is -0.128. The first kappa shape index (κ1) is 7.99. The fourth-order valence-corrected chi connectivity index (χ4v) is 1.37. The lowest BCUT2D eigenvalue weighted by Crippen LogP contribution is -2.25. The number of ketones is 1. The molecule has 2 heteroatoms. The Morgan fingerprint density at radius 1 is 1.60 bits per heavy atom. The number of hydrogen-bond donors (Lipinski definition) is 0. The molecule has 0 bridgehead atoms. The molecule has 0 heterocycles. The second kappa shape index (κ2) is 2.50. The monoisotopic (exact) mass is 202 g/mol. The standard InChI is InChI=1S/C8H11BrO/c1-8(2)4-3-6(9)5-7(8)10/h5H,3-4H2,1-2H3. The number of carbonyl (C=O) groups is 1. The van der Waals surface area contributed by atoms with E-state index in [0.717, 1.165) is 17.3 Å². The van der Waals surface area contributed by atoms with Crippen LogP contribution in [0.15, 0.2) is 10.6 Å². The number of hydrogen-bond acceptors (Lipinski definition) is 1. The number of rotatable bonds is 0. The molecule has 0 saturated heterocycles. The highest BCUT2D eigenvalue weighted by atomic mass is 79.9. The summed E-state index contributed by atoms with van der Waals surface area (Å²) in [4.78, 5) is 11.2. The van der Waals surface area contributed by atoms with Crippen LogP contribution in [0, 0.1) is 5.41 Å². The molecule has 0 atom stereocenters. The average molecular weight is 203 g/mol. The molecular formula is C8H11BrO. The molecule has 0 unspecified atom stereocenters. The van der Waals surface area contributed by atoms with Gasteiger partial charge in [0, 0.05) is 5.41 Å². The summed E-state index contributed by atoms with van der Waals surface area (Å²) in [7, 11) is 0. The largest absolute Gasteiger partial charge is 0.294 e. The van der Waals surface area contributed by atoms with E-state index < -0.39 is 0 Å². The molecule has 0 N–H and O–H groups in total. The molecule has 10 heavy (non-hydrogen) atoms. The zero-order valence-electron chi connectivity index (χ0n) is 6.28. The van der Waals surface area contributed by atoms with Crippen LogP contribution in [0.25, 0.3) is 0 Å². The van der Waals surface area contributed by atoms with Crippen molar-refractivity contribution < 1.29 is 4.79 Å². The summed E-state index contributed by atoms with van der Waals surface area (Å²) < 4.78 is 1.04. The van der Waals surface area contributed by atoms with Crippen LogP contribution in [-0.2, 0) is 4.79 Å². The van der Waals surface area contributed by atoms with Crippen molar-refractivity contribution in [3.8, 4) is 0 Å². The lowest BCUT2D eigenvalue weighted by Gasteiger charge is -2.24. The highest BCUT2D eigenvalue weighted by Crippen LogP contribution is 2.33. The van der Waals surface area contributed by atoms with E-state index in [-0.39, 0.29) is 11.2 Å². The minimum absolute atomic E-state index is 0.128. The van der Waals surface area contributed by atoms with Crippen molar-refractivity contribution in [2.75, 3.05) is 0 Å². The van der Waals surface area contributed by atoms with E-state index in [4.69, 9.17) is 0 Å². The summed E-state index contributed by atoms with van der Waals surface area (Å²) in [6.45, 7) is 3.98. The summed E-state index contributed by atoms with van der Waals surface area (Å²) in [6, 6.07) is 0. The van der Waals surface area contributed by atoms with E-state index in [1.54, 1.807) is 6.08 Å². The van der Waals surface area contributed by atoms with Crippen LogP contribution in [0.3, 0.4) is 0 Å². The highest BCUT2D eigenvalue weighted by Gasteiger charge is 2.28. The molecule has 0 fully saturated rings. The van der Waals surface area contributed by atoms with Gasteiger partial charge in [-0.05, 0) is 23.4 Å². The van der Waals surface area contributed by atoms with Crippen molar-refractivity contribution in [3.63, 3.8) is 0 Å². The Balaban J connectivity index is 2.84. The molecule has 1 rings (SSSR count).